The number of carbonyl (C=O) groups is 1. The molecule has 1 amide bonds. The topological polar surface area (TPSA) is 88.9 Å². The average molecular weight is 294 g/mol. The lowest BCUT2D eigenvalue weighted by Crippen LogP contribution is -2.48. The molecule has 0 spiro atoms. The number of carboxylic acid groups (broad SMARTS) is 1. The Labute approximate surface area is 119 Å². The number of nitrogens with two attached hydrogens (primary N) is 1. The Kier molecular flexibility index (Phi) is 3.32. The average Bonchev–Trinajstić information content (AvgIpc) is 2.88. The van der Waals surface area contributed by atoms with Crippen molar-refractivity contribution in [2.75, 3.05) is 18.8 Å². The Morgan fingerprint density at radius 3 is 3.05 bits per heavy atom. The molecule has 6 nitrogen and oxygen atoms in total. The van der Waals surface area contributed by atoms with Crippen LogP contribution in [0.5, 0.6) is 5.75 Å². The van der Waals surface area contributed by atoms with Crippen molar-refractivity contribution in [2.45, 2.75) is 18.7 Å². The molecule has 2 heterocycles. The second kappa shape index (κ2) is 5.16. The number of ether oxygens (including phenoxy) is 1. The van der Waals surface area contributed by atoms with E-state index in [-0.39, 0.29) is 19.5 Å². The maximum Gasteiger partial charge on any atom is 0.407 e. The molecular weight excluding hydrogens is 279 g/mol. The SMILES string of the molecule is Nc1cc(O[C@@H]2CCN(C(=O)O)C[C@@H]2F)c2occc2c1. The minimum atomic E-state index is -1.39. The van der Waals surface area contributed by atoms with Crippen molar-refractivity contribution in [3.63, 3.8) is 0 Å². The van der Waals surface area contributed by atoms with Gasteiger partial charge in [-0.25, -0.2) is 9.18 Å². The van der Waals surface area contributed by atoms with E-state index in [1.807, 2.05) is 0 Å². The fourth-order valence-electron chi connectivity index (χ4n) is 2.51. The van der Waals surface area contributed by atoms with Gasteiger partial charge >= 0.3 is 6.09 Å². The van der Waals surface area contributed by atoms with Crippen LogP contribution >= 0.6 is 0 Å². The van der Waals surface area contributed by atoms with Gasteiger partial charge in [-0.1, -0.05) is 0 Å². The number of amides is 1. The maximum atomic E-state index is 14.1. The second-order valence-corrected chi connectivity index (χ2v) is 5.05. The summed E-state index contributed by atoms with van der Waals surface area (Å²) in [5.41, 5.74) is 6.79. The Hall–Kier alpha value is -2.44. The number of anilines is 1. The van der Waals surface area contributed by atoms with Gasteiger partial charge in [0.05, 0.1) is 12.8 Å². The molecule has 112 valence electrons. The Morgan fingerprint density at radius 1 is 1.52 bits per heavy atom. The lowest BCUT2D eigenvalue weighted by atomic mass is 10.1. The van der Waals surface area contributed by atoms with Gasteiger partial charge in [0.2, 0.25) is 0 Å². The lowest BCUT2D eigenvalue weighted by molar-refractivity contribution is 0.0252. The number of hydrogen-bond donors (Lipinski definition) is 2. The van der Waals surface area contributed by atoms with Gasteiger partial charge in [0, 0.05) is 30.1 Å². The van der Waals surface area contributed by atoms with E-state index in [0.29, 0.717) is 17.0 Å². The largest absolute Gasteiger partial charge is 0.483 e. The summed E-state index contributed by atoms with van der Waals surface area (Å²) in [5, 5.41) is 9.65. The van der Waals surface area contributed by atoms with Crippen LogP contribution in [0.25, 0.3) is 11.0 Å². The number of furan rings is 1. The summed E-state index contributed by atoms with van der Waals surface area (Å²) in [5.74, 6) is 0.381. The third kappa shape index (κ3) is 2.58. The first-order valence-corrected chi connectivity index (χ1v) is 6.60. The minimum Gasteiger partial charge on any atom is -0.483 e. The molecule has 21 heavy (non-hydrogen) atoms. The van der Waals surface area contributed by atoms with E-state index >= 15 is 0 Å². The van der Waals surface area contributed by atoms with Crippen molar-refractivity contribution in [3.05, 3.63) is 24.5 Å². The predicted molar refractivity (Wildman–Crippen MR) is 74.2 cm³/mol. The Balaban J connectivity index is 1.80. The molecule has 0 bridgehead atoms. The number of nitrogens with zero attached hydrogens (tertiary/aromatic N) is 1. The monoisotopic (exact) mass is 294 g/mol. The smallest absolute Gasteiger partial charge is 0.407 e. The highest BCUT2D eigenvalue weighted by Crippen LogP contribution is 2.32. The molecule has 0 aliphatic carbocycles. The zero-order valence-electron chi connectivity index (χ0n) is 11.2. The number of benzene rings is 1. The number of halogens is 1. The first-order valence-electron chi connectivity index (χ1n) is 6.60. The van der Waals surface area contributed by atoms with Crippen molar-refractivity contribution in [2.24, 2.45) is 0 Å². The van der Waals surface area contributed by atoms with Crippen molar-refractivity contribution in [1.29, 1.82) is 0 Å². The van der Waals surface area contributed by atoms with Gasteiger partial charge in [0.25, 0.3) is 0 Å². The molecule has 1 fully saturated rings. The molecule has 1 aliphatic heterocycles. The van der Waals surface area contributed by atoms with Crippen LogP contribution in [0.15, 0.2) is 28.9 Å². The number of fused-ring (bicyclic) bond motifs is 1. The zero-order chi connectivity index (χ0) is 15.0. The van der Waals surface area contributed by atoms with E-state index in [4.69, 9.17) is 20.0 Å². The van der Waals surface area contributed by atoms with Gasteiger partial charge in [-0.3, -0.25) is 0 Å². The van der Waals surface area contributed by atoms with Crippen molar-refractivity contribution in [1.82, 2.24) is 4.90 Å². The van der Waals surface area contributed by atoms with E-state index < -0.39 is 18.4 Å². The van der Waals surface area contributed by atoms with E-state index in [0.717, 1.165) is 10.3 Å². The van der Waals surface area contributed by atoms with Crippen LogP contribution in [0.2, 0.25) is 0 Å². The van der Waals surface area contributed by atoms with Crippen molar-refractivity contribution in [3.8, 4) is 5.75 Å². The number of nitrogen functional groups attached to an aromatic ring is 1. The van der Waals surface area contributed by atoms with E-state index in [1.165, 1.54) is 6.26 Å². The van der Waals surface area contributed by atoms with Crippen molar-refractivity contribution < 1.29 is 23.4 Å². The molecule has 2 aromatic rings. The fourth-order valence-corrected chi connectivity index (χ4v) is 2.51. The molecule has 0 saturated carbocycles. The molecule has 3 rings (SSSR count). The van der Waals surface area contributed by atoms with Gasteiger partial charge in [-0.05, 0) is 12.1 Å². The summed E-state index contributed by atoms with van der Waals surface area (Å²) >= 11 is 0. The second-order valence-electron chi connectivity index (χ2n) is 5.05. The number of rotatable bonds is 2. The van der Waals surface area contributed by atoms with Gasteiger partial charge < -0.3 is 24.9 Å². The first-order chi connectivity index (χ1) is 10.0. The summed E-state index contributed by atoms with van der Waals surface area (Å²) in [6.07, 6.45) is -1.42. The quantitative estimate of drug-likeness (QED) is 0.831. The summed E-state index contributed by atoms with van der Waals surface area (Å²) in [4.78, 5) is 11.9. The first kappa shape index (κ1) is 13.5. The minimum absolute atomic E-state index is 0.191. The predicted octanol–water partition coefficient (Wildman–Crippen LogP) is 2.48. The highest BCUT2D eigenvalue weighted by molar-refractivity contribution is 5.86. The molecular formula is C14H15FN2O4. The van der Waals surface area contributed by atoms with Crippen LogP contribution in [0, 0.1) is 0 Å². The van der Waals surface area contributed by atoms with Gasteiger partial charge in [0.15, 0.2) is 17.5 Å². The highest BCUT2D eigenvalue weighted by atomic mass is 19.1. The van der Waals surface area contributed by atoms with Gasteiger partial charge in [-0.15, -0.1) is 0 Å². The van der Waals surface area contributed by atoms with Crippen LogP contribution in [-0.2, 0) is 0 Å². The van der Waals surface area contributed by atoms with Crippen LogP contribution < -0.4 is 10.5 Å². The summed E-state index contributed by atoms with van der Waals surface area (Å²) in [6, 6.07) is 5.08. The third-order valence-corrected chi connectivity index (χ3v) is 3.57. The number of alkyl halides is 1. The molecule has 7 heteroatoms. The standard InChI is InChI=1S/C14H15FN2O4/c15-10-7-17(14(18)19)3-1-11(10)21-12-6-9(16)5-8-2-4-20-13(8)12/h2,4-6,10-11H,1,3,7,16H2,(H,18,19)/t10-,11+/m0/s1. The molecule has 0 unspecified atom stereocenters. The van der Waals surface area contributed by atoms with Gasteiger partial charge in [0.1, 0.15) is 6.10 Å². The molecule has 1 aliphatic rings. The van der Waals surface area contributed by atoms with Crippen LogP contribution in [-0.4, -0.2) is 41.5 Å². The number of piperidine rings is 1. The molecule has 0 radical (unpaired) electrons. The Morgan fingerprint density at radius 2 is 2.33 bits per heavy atom. The fraction of sp³-hybridized carbons (Fsp3) is 0.357. The molecule has 1 saturated heterocycles. The van der Waals surface area contributed by atoms with Crippen LogP contribution in [0.3, 0.4) is 0 Å². The Bertz CT molecular complexity index is 672. The molecule has 1 aromatic heterocycles. The van der Waals surface area contributed by atoms with Crippen LogP contribution in [0.1, 0.15) is 6.42 Å². The van der Waals surface area contributed by atoms with Crippen molar-refractivity contribution >= 4 is 22.7 Å². The maximum absolute atomic E-state index is 14.1. The lowest BCUT2D eigenvalue weighted by Gasteiger charge is -2.33. The molecule has 3 N–H and O–H groups in total. The third-order valence-electron chi connectivity index (χ3n) is 3.57. The summed E-state index contributed by atoms with van der Waals surface area (Å²) in [6.45, 7) is 0.0493. The van der Waals surface area contributed by atoms with E-state index in [1.54, 1.807) is 18.2 Å². The summed E-state index contributed by atoms with van der Waals surface area (Å²) in [7, 11) is 0. The van der Waals surface area contributed by atoms with Gasteiger partial charge in [-0.2, -0.15) is 0 Å². The highest BCUT2D eigenvalue weighted by Gasteiger charge is 2.33. The summed E-state index contributed by atoms with van der Waals surface area (Å²) < 4.78 is 25.1. The zero-order valence-corrected chi connectivity index (χ0v) is 11.2. The van der Waals surface area contributed by atoms with E-state index in [9.17, 15) is 9.18 Å². The normalized spacial score (nSPS) is 22.4. The number of hydrogen-bond acceptors (Lipinski definition) is 4. The van der Waals surface area contributed by atoms with Crippen LogP contribution in [0.4, 0.5) is 14.9 Å². The van der Waals surface area contributed by atoms with E-state index in [2.05, 4.69) is 0 Å². The number of likely N-dealkylation sites (tertiary alicyclic amines) is 1. The molecule has 1 aromatic carbocycles. The molecule has 2 atom stereocenters.